The van der Waals surface area contributed by atoms with Gasteiger partial charge in [-0.1, -0.05) is 28.0 Å². The second-order valence-electron chi connectivity index (χ2n) is 4.21. The van der Waals surface area contributed by atoms with Crippen LogP contribution in [0, 0.1) is 0 Å². The van der Waals surface area contributed by atoms with Crippen molar-refractivity contribution >= 4 is 21.8 Å². The van der Waals surface area contributed by atoms with Crippen LogP contribution < -0.4 is 10.1 Å². The van der Waals surface area contributed by atoms with E-state index in [9.17, 15) is 4.79 Å². The molecule has 0 bridgehead atoms. The van der Waals surface area contributed by atoms with Crippen molar-refractivity contribution in [2.75, 3.05) is 7.11 Å². The van der Waals surface area contributed by atoms with E-state index in [1.807, 2.05) is 25.1 Å². The average molecular weight is 339 g/mol. The Morgan fingerprint density at radius 3 is 2.95 bits per heavy atom. The maximum Gasteiger partial charge on any atom is 0.256 e. The molecule has 0 saturated heterocycles. The van der Waals surface area contributed by atoms with E-state index in [1.54, 1.807) is 7.11 Å². The molecule has 0 aliphatic carbocycles. The lowest BCUT2D eigenvalue weighted by atomic mass is 10.2. The van der Waals surface area contributed by atoms with Crippen LogP contribution >= 0.6 is 15.9 Å². The molecule has 106 valence electrons. The van der Waals surface area contributed by atoms with Gasteiger partial charge in [0.25, 0.3) is 5.91 Å². The molecule has 0 fully saturated rings. The molecule has 0 aliphatic heterocycles. The van der Waals surface area contributed by atoms with E-state index in [-0.39, 0.29) is 5.91 Å². The molecule has 1 amide bonds. The van der Waals surface area contributed by atoms with E-state index < -0.39 is 0 Å². The van der Waals surface area contributed by atoms with Crippen molar-refractivity contribution in [2.24, 2.45) is 0 Å². The molecule has 2 aromatic rings. The summed E-state index contributed by atoms with van der Waals surface area (Å²) in [6.07, 6.45) is 2.03. The van der Waals surface area contributed by atoms with Gasteiger partial charge in [-0.05, 0) is 30.2 Å². The lowest BCUT2D eigenvalue weighted by molar-refractivity contribution is 0.0949. The minimum absolute atomic E-state index is 0.193. The average Bonchev–Trinajstić information content (AvgIpc) is 2.92. The first-order chi connectivity index (χ1) is 9.63. The van der Waals surface area contributed by atoms with Gasteiger partial charge in [-0.15, -0.1) is 0 Å². The molecule has 0 saturated carbocycles. The summed E-state index contributed by atoms with van der Waals surface area (Å²) < 4.78 is 10.9. The van der Waals surface area contributed by atoms with E-state index >= 15 is 0 Å². The van der Waals surface area contributed by atoms with Crippen LogP contribution in [-0.4, -0.2) is 18.2 Å². The van der Waals surface area contributed by atoms with Gasteiger partial charge in [-0.25, -0.2) is 0 Å². The highest BCUT2D eigenvalue weighted by atomic mass is 79.9. The first-order valence-corrected chi connectivity index (χ1v) is 6.98. The number of hydrogen-bond donors (Lipinski definition) is 1. The predicted molar refractivity (Wildman–Crippen MR) is 77.7 cm³/mol. The lowest BCUT2D eigenvalue weighted by Crippen LogP contribution is -2.23. The molecule has 5 nitrogen and oxygen atoms in total. The molecule has 0 aliphatic rings. The van der Waals surface area contributed by atoms with Gasteiger partial charge in [0.05, 0.1) is 12.8 Å². The predicted octanol–water partition coefficient (Wildman–Crippen LogP) is 2.94. The fraction of sp³-hybridized carbons (Fsp3) is 0.286. The normalized spacial score (nSPS) is 10.3. The van der Waals surface area contributed by atoms with Crippen molar-refractivity contribution in [1.29, 1.82) is 0 Å². The quantitative estimate of drug-likeness (QED) is 0.910. The summed E-state index contributed by atoms with van der Waals surface area (Å²) in [7, 11) is 1.61. The van der Waals surface area contributed by atoms with Gasteiger partial charge >= 0.3 is 0 Å². The number of rotatable bonds is 5. The standard InChI is InChI=1S/C14H15BrN2O3/c1-3-13-12(8-20-17-13)14(18)16-7-9-4-10(15)6-11(5-9)19-2/h4-6,8H,3,7H2,1-2H3,(H,16,18). The minimum Gasteiger partial charge on any atom is -0.497 e. The van der Waals surface area contributed by atoms with Crippen molar-refractivity contribution in [2.45, 2.75) is 19.9 Å². The second kappa shape index (κ2) is 6.56. The van der Waals surface area contributed by atoms with Gasteiger partial charge in [-0.2, -0.15) is 0 Å². The number of halogens is 1. The number of methoxy groups -OCH3 is 1. The highest BCUT2D eigenvalue weighted by Crippen LogP contribution is 2.21. The van der Waals surface area contributed by atoms with E-state index in [1.165, 1.54) is 6.26 Å². The SMILES string of the molecule is CCc1nocc1C(=O)NCc1cc(Br)cc(OC)c1. The minimum atomic E-state index is -0.193. The number of benzene rings is 1. The number of ether oxygens (including phenoxy) is 1. The van der Waals surface area contributed by atoms with Crippen LogP contribution in [-0.2, 0) is 13.0 Å². The molecule has 6 heteroatoms. The molecular weight excluding hydrogens is 324 g/mol. The number of aryl methyl sites for hydroxylation is 1. The second-order valence-corrected chi connectivity index (χ2v) is 5.13. The summed E-state index contributed by atoms with van der Waals surface area (Å²) in [6.45, 7) is 2.33. The third-order valence-electron chi connectivity index (χ3n) is 2.84. The fourth-order valence-electron chi connectivity index (χ4n) is 1.82. The van der Waals surface area contributed by atoms with E-state index in [0.717, 1.165) is 15.8 Å². The first kappa shape index (κ1) is 14.6. The van der Waals surface area contributed by atoms with Crippen molar-refractivity contribution in [1.82, 2.24) is 10.5 Å². The molecule has 0 spiro atoms. The summed E-state index contributed by atoms with van der Waals surface area (Å²) in [4.78, 5) is 12.0. The zero-order valence-corrected chi connectivity index (χ0v) is 12.9. The molecule has 0 radical (unpaired) electrons. The number of carbonyl (C=O) groups excluding carboxylic acids is 1. The fourth-order valence-corrected chi connectivity index (χ4v) is 2.34. The summed E-state index contributed by atoms with van der Waals surface area (Å²) in [5.41, 5.74) is 2.09. The Balaban J connectivity index is 2.05. The van der Waals surface area contributed by atoms with Crippen LogP contribution in [0.5, 0.6) is 5.75 Å². The Bertz CT molecular complexity index is 610. The molecule has 20 heavy (non-hydrogen) atoms. The van der Waals surface area contributed by atoms with Crippen molar-refractivity contribution in [3.05, 3.63) is 45.8 Å². The van der Waals surface area contributed by atoms with Crippen molar-refractivity contribution in [3.63, 3.8) is 0 Å². The Labute approximate surface area is 125 Å². The first-order valence-electron chi connectivity index (χ1n) is 6.19. The number of aromatic nitrogens is 1. The van der Waals surface area contributed by atoms with Crippen molar-refractivity contribution < 1.29 is 14.1 Å². The van der Waals surface area contributed by atoms with Gasteiger partial charge in [0.1, 0.15) is 17.6 Å². The maximum absolute atomic E-state index is 12.0. The van der Waals surface area contributed by atoms with Crippen LogP contribution in [0.25, 0.3) is 0 Å². The van der Waals surface area contributed by atoms with Crippen LogP contribution in [0.1, 0.15) is 28.5 Å². The number of amides is 1. The molecule has 1 aromatic heterocycles. The van der Waals surface area contributed by atoms with E-state index in [2.05, 4.69) is 26.4 Å². The smallest absolute Gasteiger partial charge is 0.256 e. The Kier molecular flexibility index (Phi) is 4.79. The van der Waals surface area contributed by atoms with Gasteiger partial charge in [0, 0.05) is 11.0 Å². The number of nitrogens with zero attached hydrogens (tertiary/aromatic N) is 1. The molecular formula is C14H15BrN2O3. The molecule has 1 heterocycles. The van der Waals surface area contributed by atoms with E-state index in [0.29, 0.717) is 24.2 Å². The summed E-state index contributed by atoms with van der Waals surface area (Å²) >= 11 is 3.40. The molecule has 2 rings (SSSR count). The topological polar surface area (TPSA) is 64.4 Å². The number of hydrogen-bond acceptors (Lipinski definition) is 4. The molecule has 1 aromatic carbocycles. The van der Waals surface area contributed by atoms with Crippen LogP contribution in [0.3, 0.4) is 0 Å². The highest BCUT2D eigenvalue weighted by molar-refractivity contribution is 9.10. The summed E-state index contributed by atoms with van der Waals surface area (Å²) in [6, 6.07) is 5.66. The molecule has 0 unspecified atom stereocenters. The Morgan fingerprint density at radius 1 is 1.45 bits per heavy atom. The van der Waals surface area contributed by atoms with Crippen LogP contribution in [0.4, 0.5) is 0 Å². The third kappa shape index (κ3) is 3.39. The maximum atomic E-state index is 12.0. The largest absolute Gasteiger partial charge is 0.497 e. The highest BCUT2D eigenvalue weighted by Gasteiger charge is 2.14. The van der Waals surface area contributed by atoms with Crippen LogP contribution in [0.15, 0.2) is 33.5 Å². The van der Waals surface area contributed by atoms with Gasteiger partial charge in [0.15, 0.2) is 0 Å². The summed E-state index contributed by atoms with van der Waals surface area (Å²) in [5, 5.41) is 6.63. The van der Waals surface area contributed by atoms with E-state index in [4.69, 9.17) is 9.26 Å². The lowest BCUT2D eigenvalue weighted by Gasteiger charge is -2.07. The Hall–Kier alpha value is -1.82. The zero-order chi connectivity index (χ0) is 14.5. The zero-order valence-electron chi connectivity index (χ0n) is 11.3. The summed E-state index contributed by atoms with van der Waals surface area (Å²) in [5.74, 6) is 0.546. The Morgan fingerprint density at radius 2 is 2.25 bits per heavy atom. The van der Waals surface area contributed by atoms with Gasteiger partial charge in [0.2, 0.25) is 0 Å². The molecule has 1 N–H and O–H groups in total. The third-order valence-corrected chi connectivity index (χ3v) is 3.30. The molecule has 0 atom stereocenters. The van der Waals surface area contributed by atoms with Gasteiger partial charge < -0.3 is 14.6 Å². The van der Waals surface area contributed by atoms with Crippen LogP contribution in [0.2, 0.25) is 0 Å². The monoisotopic (exact) mass is 338 g/mol. The number of nitrogens with one attached hydrogen (secondary N) is 1. The van der Waals surface area contributed by atoms with Gasteiger partial charge in [-0.3, -0.25) is 4.79 Å². The number of carbonyl (C=O) groups is 1. The van der Waals surface area contributed by atoms with Crippen molar-refractivity contribution in [3.8, 4) is 5.75 Å².